The molecule has 9 heteroatoms. The first-order chi connectivity index (χ1) is 17.8. The van der Waals surface area contributed by atoms with Gasteiger partial charge in [0.05, 0.1) is 5.56 Å². The third kappa shape index (κ3) is 5.50. The van der Waals surface area contributed by atoms with Crippen molar-refractivity contribution >= 4 is 17.5 Å². The molecule has 0 radical (unpaired) electrons. The van der Waals surface area contributed by atoms with Gasteiger partial charge in [-0.2, -0.15) is 13.2 Å². The molecule has 190 valence electrons. The molecule has 1 aliphatic rings. The molecule has 37 heavy (non-hydrogen) atoms. The molecule has 4 aromatic rings. The van der Waals surface area contributed by atoms with E-state index in [1.54, 1.807) is 23.2 Å². The second-order valence-corrected chi connectivity index (χ2v) is 9.18. The van der Waals surface area contributed by atoms with Crippen LogP contribution in [0.1, 0.15) is 56.2 Å². The van der Waals surface area contributed by atoms with Crippen LogP contribution in [-0.4, -0.2) is 39.2 Å². The molecule has 2 aromatic carbocycles. The van der Waals surface area contributed by atoms with Crippen molar-refractivity contribution < 1.29 is 22.8 Å². The maximum absolute atomic E-state index is 13.0. The molecule has 0 bridgehead atoms. The maximum Gasteiger partial charge on any atom is 0.416 e. The number of aromatic nitrogens is 2. The number of hydrogen-bond donors (Lipinski definition) is 1. The Bertz CT molecular complexity index is 1420. The van der Waals surface area contributed by atoms with Gasteiger partial charge < -0.3 is 14.6 Å². The lowest BCUT2D eigenvalue weighted by molar-refractivity contribution is -0.137. The number of piperidine rings is 1. The summed E-state index contributed by atoms with van der Waals surface area (Å²) in [5.74, 6) is -0.344. The van der Waals surface area contributed by atoms with Crippen LogP contribution in [0.2, 0.25) is 0 Å². The zero-order valence-corrected chi connectivity index (χ0v) is 19.9. The first kappa shape index (κ1) is 24.5. The Morgan fingerprint density at radius 2 is 1.70 bits per heavy atom. The van der Waals surface area contributed by atoms with Gasteiger partial charge in [0.25, 0.3) is 11.8 Å². The topological polar surface area (TPSA) is 66.7 Å². The lowest BCUT2D eigenvalue weighted by Gasteiger charge is -2.32. The second-order valence-electron chi connectivity index (χ2n) is 9.18. The number of carbonyl (C=O) groups excluding carboxylic acids is 2. The Hall–Kier alpha value is -4.14. The minimum absolute atomic E-state index is 0.0494. The number of rotatable bonds is 5. The zero-order valence-electron chi connectivity index (χ0n) is 19.9. The van der Waals surface area contributed by atoms with Crippen molar-refractivity contribution in [2.75, 3.05) is 13.1 Å². The first-order valence-electron chi connectivity index (χ1n) is 12.0. The minimum Gasteiger partial charge on any atom is -0.348 e. The Morgan fingerprint density at radius 3 is 2.43 bits per heavy atom. The highest BCUT2D eigenvalue weighted by Gasteiger charge is 2.32. The predicted octanol–water partition coefficient (Wildman–Crippen LogP) is 5.30. The summed E-state index contributed by atoms with van der Waals surface area (Å²) in [5.41, 5.74) is 2.63. The van der Waals surface area contributed by atoms with Gasteiger partial charge in [0.1, 0.15) is 5.65 Å². The van der Waals surface area contributed by atoms with Crippen molar-refractivity contribution in [2.45, 2.75) is 31.5 Å². The summed E-state index contributed by atoms with van der Waals surface area (Å²) >= 11 is 0. The molecule has 1 saturated heterocycles. The number of pyridine rings is 1. The van der Waals surface area contributed by atoms with Gasteiger partial charge in [0, 0.05) is 49.4 Å². The Kier molecular flexibility index (Phi) is 6.69. The molecule has 3 heterocycles. The van der Waals surface area contributed by atoms with E-state index in [0.29, 0.717) is 38.0 Å². The molecule has 6 nitrogen and oxygen atoms in total. The van der Waals surface area contributed by atoms with E-state index < -0.39 is 11.7 Å². The number of nitrogens with one attached hydrogen (secondary N) is 1. The average Bonchev–Trinajstić information content (AvgIpc) is 3.39. The van der Waals surface area contributed by atoms with E-state index in [2.05, 4.69) is 10.3 Å². The highest BCUT2D eigenvalue weighted by atomic mass is 19.4. The van der Waals surface area contributed by atoms with Crippen LogP contribution in [-0.2, 0) is 12.7 Å². The van der Waals surface area contributed by atoms with Gasteiger partial charge in [-0.05, 0) is 72.4 Å². The molecule has 1 fully saturated rings. The number of likely N-dealkylation sites (tertiary alicyclic amines) is 1. The standard InChI is InChI=1S/C28H25F3N4O2/c29-28(30,31)24-3-1-2-23(17-24)27(37)35-13-9-21(10-14-35)20-4-6-22(7-5-20)26(36)33-18-19-8-12-34-15-11-32-25(34)16-19/h1-8,11-12,15-17,21H,9-10,13-14,18H2,(H,33,36). The van der Waals surface area contributed by atoms with Crippen molar-refractivity contribution in [3.05, 3.63) is 107 Å². The summed E-state index contributed by atoms with van der Waals surface area (Å²) < 4.78 is 40.9. The Balaban J connectivity index is 1.15. The van der Waals surface area contributed by atoms with Crippen molar-refractivity contribution in [1.82, 2.24) is 19.6 Å². The van der Waals surface area contributed by atoms with Crippen LogP contribution in [0, 0.1) is 0 Å². The molecule has 2 aromatic heterocycles. The van der Waals surface area contributed by atoms with E-state index in [-0.39, 0.29) is 23.3 Å². The number of carbonyl (C=O) groups is 2. The van der Waals surface area contributed by atoms with Crippen molar-refractivity contribution in [2.24, 2.45) is 0 Å². The van der Waals surface area contributed by atoms with Gasteiger partial charge in [-0.25, -0.2) is 4.98 Å². The van der Waals surface area contributed by atoms with Crippen molar-refractivity contribution in [1.29, 1.82) is 0 Å². The lowest BCUT2D eigenvalue weighted by Crippen LogP contribution is -2.38. The van der Waals surface area contributed by atoms with Gasteiger partial charge in [-0.15, -0.1) is 0 Å². The lowest BCUT2D eigenvalue weighted by atomic mass is 9.88. The molecule has 0 spiro atoms. The number of nitrogens with zero attached hydrogens (tertiary/aromatic N) is 3. The quantitative estimate of drug-likeness (QED) is 0.399. The number of halogens is 3. The average molecular weight is 507 g/mol. The van der Waals surface area contributed by atoms with Crippen LogP contribution >= 0.6 is 0 Å². The molecule has 0 saturated carbocycles. The third-order valence-electron chi connectivity index (χ3n) is 6.78. The highest BCUT2D eigenvalue weighted by Crippen LogP contribution is 2.31. The fraction of sp³-hybridized carbons (Fsp3) is 0.250. The van der Waals surface area contributed by atoms with Crippen LogP contribution in [0.15, 0.2) is 79.3 Å². The van der Waals surface area contributed by atoms with E-state index in [1.165, 1.54) is 12.1 Å². The normalized spacial score (nSPS) is 14.6. The van der Waals surface area contributed by atoms with E-state index in [4.69, 9.17) is 0 Å². The van der Waals surface area contributed by atoms with Gasteiger partial charge in [0.15, 0.2) is 0 Å². The third-order valence-corrected chi connectivity index (χ3v) is 6.78. The van der Waals surface area contributed by atoms with Gasteiger partial charge in [-0.1, -0.05) is 18.2 Å². The fourth-order valence-corrected chi connectivity index (χ4v) is 4.68. The number of fused-ring (bicyclic) bond motifs is 1. The van der Waals surface area contributed by atoms with Crippen LogP contribution < -0.4 is 5.32 Å². The molecule has 2 amide bonds. The number of imidazole rings is 1. The largest absolute Gasteiger partial charge is 0.416 e. The summed E-state index contributed by atoms with van der Waals surface area (Å²) in [6.07, 6.45) is 2.39. The van der Waals surface area contributed by atoms with Crippen LogP contribution in [0.3, 0.4) is 0 Å². The Labute approximate surface area is 211 Å². The monoisotopic (exact) mass is 506 g/mol. The Morgan fingerprint density at radius 1 is 0.946 bits per heavy atom. The van der Waals surface area contributed by atoms with Crippen LogP contribution in [0.25, 0.3) is 5.65 Å². The van der Waals surface area contributed by atoms with Gasteiger partial charge in [0.2, 0.25) is 0 Å². The molecule has 0 atom stereocenters. The van der Waals surface area contributed by atoms with Gasteiger partial charge >= 0.3 is 6.18 Å². The van der Waals surface area contributed by atoms with Crippen LogP contribution in [0.4, 0.5) is 13.2 Å². The summed E-state index contributed by atoms with van der Waals surface area (Å²) in [6, 6.07) is 15.9. The first-order valence-corrected chi connectivity index (χ1v) is 12.0. The molecular formula is C28H25F3N4O2. The fourth-order valence-electron chi connectivity index (χ4n) is 4.68. The van der Waals surface area contributed by atoms with E-state index in [1.807, 2.05) is 41.1 Å². The smallest absolute Gasteiger partial charge is 0.348 e. The number of hydrogen-bond acceptors (Lipinski definition) is 3. The predicted molar refractivity (Wildman–Crippen MR) is 132 cm³/mol. The molecule has 0 unspecified atom stereocenters. The molecule has 1 aliphatic heterocycles. The van der Waals surface area contributed by atoms with Crippen molar-refractivity contribution in [3.8, 4) is 0 Å². The molecule has 1 N–H and O–H groups in total. The maximum atomic E-state index is 13.0. The van der Waals surface area contributed by atoms with E-state index >= 15 is 0 Å². The van der Waals surface area contributed by atoms with E-state index in [9.17, 15) is 22.8 Å². The van der Waals surface area contributed by atoms with Gasteiger partial charge in [-0.3, -0.25) is 9.59 Å². The molecular weight excluding hydrogens is 481 g/mol. The summed E-state index contributed by atoms with van der Waals surface area (Å²) in [4.78, 5) is 31.2. The van der Waals surface area contributed by atoms with E-state index in [0.717, 1.165) is 28.9 Å². The molecule has 0 aliphatic carbocycles. The minimum atomic E-state index is -4.49. The van der Waals surface area contributed by atoms with Crippen molar-refractivity contribution in [3.63, 3.8) is 0 Å². The summed E-state index contributed by atoms with van der Waals surface area (Å²) in [7, 11) is 0. The highest BCUT2D eigenvalue weighted by molar-refractivity contribution is 5.95. The molecule has 5 rings (SSSR count). The zero-order chi connectivity index (χ0) is 26.0. The number of benzene rings is 2. The SMILES string of the molecule is O=C(NCc1ccn2ccnc2c1)c1ccc(C2CCN(C(=O)c3cccc(C(F)(F)F)c3)CC2)cc1. The number of amides is 2. The summed E-state index contributed by atoms with van der Waals surface area (Å²) in [6.45, 7) is 1.31. The second kappa shape index (κ2) is 10.1. The van der Waals surface area contributed by atoms with Crippen LogP contribution in [0.5, 0.6) is 0 Å². The summed E-state index contributed by atoms with van der Waals surface area (Å²) in [5, 5.41) is 2.93. The number of alkyl halides is 3.